The highest BCUT2D eigenvalue weighted by Crippen LogP contribution is 2.38. The van der Waals surface area contributed by atoms with Gasteiger partial charge in [-0.1, -0.05) is 12.1 Å². The quantitative estimate of drug-likeness (QED) is 0.472. The lowest BCUT2D eigenvalue weighted by atomic mass is 9.98. The van der Waals surface area contributed by atoms with Crippen molar-refractivity contribution >= 4 is 17.3 Å². The number of ether oxygens (including phenoxy) is 3. The van der Waals surface area contributed by atoms with Crippen molar-refractivity contribution in [2.24, 2.45) is 0 Å². The van der Waals surface area contributed by atoms with Crippen molar-refractivity contribution in [2.45, 2.75) is 25.4 Å². The van der Waals surface area contributed by atoms with Gasteiger partial charge in [0.2, 0.25) is 5.91 Å². The van der Waals surface area contributed by atoms with Gasteiger partial charge in [-0.3, -0.25) is 4.79 Å². The number of nitrogens with two attached hydrogens (primary N) is 1. The third kappa shape index (κ3) is 5.34. The van der Waals surface area contributed by atoms with Crippen molar-refractivity contribution < 1.29 is 27.8 Å². The third-order valence-corrected chi connectivity index (χ3v) is 5.31. The highest BCUT2D eigenvalue weighted by Gasteiger charge is 2.32. The first-order valence-electron chi connectivity index (χ1n) is 10.4. The number of hydrogen-bond donors (Lipinski definition) is 1. The van der Waals surface area contributed by atoms with Crippen molar-refractivity contribution in [3.05, 3.63) is 72.3 Å². The fourth-order valence-electron chi connectivity index (χ4n) is 3.81. The lowest BCUT2D eigenvalue weighted by molar-refractivity contribution is -0.159. The number of benzene rings is 3. The minimum Gasteiger partial charge on any atom is -0.493 e. The van der Waals surface area contributed by atoms with Gasteiger partial charge in [0.05, 0.1) is 7.11 Å². The molecule has 2 N–H and O–H groups in total. The van der Waals surface area contributed by atoms with Crippen LogP contribution in [0.25, 0.3) is 0 Å². The molecule has 0 bridgehead atoms. The molecule has 4 rings (SSSR count). The van der Waals surface area contributed by atoms with Crippen LogP contribution in [0, 0.1) is 0 Å². The van der Waals surface area contributed by atoms with Gasteiger partial charge < -0.3 is 24.8 Å². The highest BCUT2D eigenvalue weighted by molar-refractivity contribution is 5.96. The molecule has 1 atom stereocenters. The molecule has 1 amide bonds. The van der Waals surface area contributed by atoms with Crippen LogP contribution >= 0.6 is 0 Å². The molecular formula is C25H24F2N2O4. The van der Waals surface area contributed by atoms with Gasteiger partial charge in [0.15, 0.2) is 11.5 Å². The Morgan fingerprint density at radius 1 is 1.00 bits per heavy atom. The van der Waals surface area contributed by atoms with Gasteiger partial charge >= 0.3 is 6.11 Å². The van der Waals surface area contributed by atoms with Crippen molar-refractivity contribution in [3.63, 3.8) is 0 Å². The van der Waals surface area contributed by atoms with E-state index in [4.69, 9.17) is 15.2 Å². The summed E-state index contributed by atoms with van der Waals surface area (Å²) in [4.78, 5) is 14.4. The van der Waals surface area contributed by atoms with Gasteiger partial charge in [-0.2, -0.15) is 8.78 Å². The zero-order chi connectivity index (χ0) is 23.6. The molecule has 6 nitrogen and oxygen atoms in total. The Bertz CT molecular complexity index is 1150. The predicted molar refractivity (Wildman–Crippen MR) is 121 cm³/mol. The Balaban J connectivity index is 1.53. The summed E-state index contributed by atoms with van der Waals surface area (Å²) in [6, 6.07) is 18.7. The molecule has 1 aliphatic heterocycles. The second-order valence-corrected chi connectivity index (χ2v) is 7.89. The van der Waals surface area contributed by atoms with Crippen molar-refractivity contribution in [2.75, 3.05) is 24.3 Å². The minimum absolute atomic E-state index is 0.0206. The van der Waals surface area contributed by atoms with Crippen LogP contribution in [0.1, 0.15) is 24.8 Å². The maximum atomic E-state index is 13.0. The smallest absolute Gasteiger partial charge is 0.394 e. The van der Waals surface area contributed by atoms with E-state index in [1.54, 1.807) is 23.1 Å². The standard InChI is InChI=1S/C25H24F2N2O4/c1-25(26,27)33-21-9-7-20(8-10-21)32-23-12-16(6-11-22(23)31-2)17-13-24(30)29(15-17)19-5-3-4-18(28)14-19/h3-12,14,17H,13,15,28H2,1-2H3. The molecule has 0 aliphatic carbocycles. The third-order valence-electron chi connectivity index (χ3n) is 5.31. The zero-order valence-corrected chi connectivity index (χ0v) is 18.3. The number of hydrogen-bond acceptors (Lipinski definition) is 5. The number of carbonyl (C=O) groups is 1. The van der Waals surface area contributed by atoms with Crippen LogP contribution in [0.5, 0.6) is 23.0 Å². The molecule has 1 unspecified atom stereocenters. The summed E-state index contributed by atoms with van der Waals surface area (Å²) in [6.07, 6.45) is -2.91. The van der Waals surface area contributed by atoms with Crippen LogP contribution in [-0.4, -0.2) is 25.7 Å². The predicted octanol–water partition coefficient (Wildman–Crippen LogP) is 5.58. The minimum atomic E-state index is -3.27. The lowest BCUT2D eigenvalue weighted by Crippen LogP contribution is -2.24. The van der Waals surface area contributed by atoms with Crippen molar-refractivity contribution in [3.8, 4) is 23.0 Å². The summed E-state index contributed by atoms with van der Waals surface area (Å²) in [5, 5.41) is 0. The monoisotopic (exact) mass is 454 g/mol. The lowest BCUT2D eigenvalue weighted by Gasteiger charge is -2.18. The van der Waals surface area contributed by atoms with E-state index in [1.807, 2.05) is 24.3 Å². The molecule has 172 valence electrons. The Labute approximate surface area is 190 Å². The molecule has 33 heavy (non-hydrogen) atoms. The molecule has 0 radical (unpaired) electrons. The second kappa shape index (κ2) is 8.97. The van der Waals surface area contributed by atoms with Crippen LogP contribution in [0.4, 0.5) is 20.2 Å². The molecular weight excluding hydrogens is 430 g/mol. The van der Waals surface area contributed by atoms with E-state index in [-0.39, 0.29) is 17.6 Å². The Hall–Kier alpha value is -3.81. The number of nitrogens with zero attached hydrogens (tertiary/aromatic N) is 1. The molecule has 0 aromatic heterocycles. The Kier molecular flexibility index (Phi) is 6.09. The first kappa shape index (κ1) is 22.4. The van der Waals surface area contributed by atoms with Crippen LogP contribution in [0.15, 0.2) is 66.7 Å². The number of amides is 1. The van der Waals surface area contributed by atoms with Crippen LogP contribution in [-0.2, 0) is 4.79 Å². The van der Waals surface area contributed by atoms with Gasteiger partial charge in [0.1, 0.15) is 11.5 Å². The topological polar surface area (TPSA) is 74.0 Å². The Morgan fingerprint density at radius 3 is 2.39 bits per heavy atom. The number of anilines is 2. The van der Waals surface area contributed by atoms with Gasteiger partial charge in [-0.15, -0.1) is 0 Å². The van der Waals surface area contributed by atoms with Gasteiger partial charge in [-0.25, -0.2) is 0 Å². The van der Waals surface area contributed by atoms with E-state index in [0.29, 0.717) is 42.8 Å². The van der Waals surface area contributed by atoms with Gasteiger partial charge in [0, 0.05) is 37.2 Å². The first-order valence-corrected chi connectivity index (χ1v) is 10.4. The molecule has 8 heteroatoms. The van der Waals surface area contributed by atoms with E-state index in [0.717, 1.165) is 11.3 Å². The summed E-state index contributed by atoms with van der Waals surface area (Å²) >= 11 is 0. The molecule has 0 saturated carbocycles. The average Bonchev–Trinajstić information content (AvgIpc) is 3.16. The SMILES string of the molecule is COc1ccc(C2CC(=O)N(c3cccc(N)c3)C2)cc1Oc1ccc(OC(C)(F)F)cc1. The fourth-order valence-corrected chi connectivity index (χ4v) is 3.81. The fraction of sp³-hybridized carbons (Fsp3) is 0.240. The number of carbonyl (C=O) groups excluding carboxylic acids is 1. The van der Waals surface area contributed by atoms with Crippen molar-refractivity contribution in [1.82, 2.24) is 0 Å². The molecule has 1 saturated heterocycles. The molecule has 3 aromatic carbocycles. The normalized spacial score (nSPS) is 16.1. The molecule has 3 aromatic rings. The number of alkyl halides is 2. The van der Waals surface area contributed by atoms with E-state index in [1.165, 1.54) is 31.4 Å². The number of halogens is 2. The summed E-state index contributed by atoms with van der Waals surface area (Å²) in [5.74, 6) is 1.42. The molecule has 1 fully saturated rings. The molecule has 1 aliphatic rings. The number of methoxy groups -OCH3 is 1. The average molecular weight is 454 g/mol. The summed E-state index contributed by atoms with van der Waals surface area (Å²) in [7, 11) is 1.53. The van der Waals surface area contributed by atoms with Crippen LogP contribution in [0.3, 0.4) is 0 Å². The van der Waals surface area contributed by atoms with Gasteiger partial charge in [-0.05, 0) is 60.2 Å². The maximum absolute atomic E-state index is 13.0. The summed E-state index contributed by atoms with van der Waals surface area (Å²) < 4.78 is 42.0. The highest BCUT2D eigenvalue weighted by atomic mass is 19.3. The molecule has 1 heterocycles. The second-order valence-electron chi connectivity index (χ2n) is 7.89. The molecule has 0 spiro atoms. The van der Waals surface area contributed by atoms with Crippen molar-refractivity contribution in [1.29, 1.82) is 0 Å². The maximum Gasteiger partial charge on any atom is 0.394 e. The largest absolute Gasteiger partial charge is 0.493 e. The van der Waals surface area contributed by atoms with Crippen LogP contribution < -0.4 is 24.8 Å². The summed E-state index contributed by atoms with van der Waals surface area (Å²) in [5.41, 5.74) is 8.17. The summed E-state index contributed by atoms with van der Waals surface area (Å²) in [6.45, 7) is 1.20. The van der Waals surface area contributed by atoms with Gasteiger partial charge in [0.25, 0.3) is 0 Å². The van der Waals surface area contributed by atoms with E-state index < -0.39 is 6.11 Å². The van der Waals surface area contributed by atoms with Crippen LogP contribution in [0.2, 0.25) is 0 Å². The van der Waals surface area contributed by atoms with E-state index in [9.17, 15) is 13.6 Å². The van der Waals surface area contributed by atoms with E-state index in [2.05, 4.69) is 4.74 Å². The van der Waals surface area contributed by atoms with E-state index >= 15 is 0 Å². The number of nitrogen functional groups attached to an aromatic ring is 1. The zero-order valence-electron chi connectivity index (χ0n) is 18.3. The Morgan fingerprint density at radius 2 is 1.73 bits per heavy atom. The number of rotatable bonds is 7. The first-order chi connectivity index (χ1) is 15.7.